The van der Waals surface area contributed by atoms with Gasteiger partial charge in [-0.2, -0.15) is 0 Å². The zero-order valence-corrected chi connectivity index (χ0v) is 19.4. The van der Waals surface area contributed by atoms with Crippen molar-refractivity contribution >= 4 is 11.9 Å². The molecule has 0 saturated carbocycles. The van der Waals surface area contributed by atoms with E-state index in [9.17, 15) is 9.59 Å². The van der Waals surface area contributed by atoms with Gasteiger partial charge in [0, 0.05) is 12.8 Å². The molecule has 0 aromatic rings. The molecule has 29 heavy (non-hydrogen) atoms. The monoisotopic (exact) mass is 410 g/mol. The summed E-state index contributed by atoms with van der Waals surface area (Å²) in [6.45, 7) is 6.53. The lowest BCUT2D eigenvalue weighted by Gasteiger charge is -2.22. The number of cyclic esters (lactones) is 2. The molecule has 2 atom stereocenters. The molecule has 2 heterocycles. The standard InChI is InChI=1S/C13H24O2.C12H22O2/c1-3-4-5-6-7-8-10-13(2)11-9-12(14)15-13;1-2-3-4-5-6-8-11-9-7-10-12(13)14-11/h3-11H2,1-2H3;11H,2-10H2,1H3. The van der Waals surface area contributed by atoms with Crippen LogP contribution >= 0.6 is 0 Å². The van der Waals surface area contributed by atoms with Gasteiger partial charge in [-0.05, 0) is 51.9 Å². The van der Waals surface area contributed by atoms with E-state index >= 15 is 0 Å². The van der Waals surface area contributed by atoms with E-state index in [0.717, 1.165) is 32.1 Å². The summed E-state index contributed by atoms with van der Waals surface area (Å²) in [4.78, 5) is 22.0. The van der Waals surface area contributed by atoms with Gasteiger partial charge in [0.15, 0.2) is 0 Å². The summed E-state index contributed by atoms with van der Waals surface area (Å²) in [5.41, 5.74) is -0.137. The van der Waals surface area contributed by atoms with E-state index in [2.05, 4.69) is 20.8 Å². The van der Waals surface area contributed by atoms with Gasteiger partial charge in [0.1, 0.15) is 11.7 Å². The van der Waals surface area contributed by atoms with E-state index in [1.165, 1.54) is 70.6 Å². The van der Waals surface area contributed by atoms with E-state index in [4.69, 9.17) is 9.47 Å². The normalized spacial score (nSPS) is 23.9. The highest BCUT2D eigenvalue weighted by molar-refractivity contribution is 5.72. The Morgan fingerprint density at radius 3 is 2.03 bits per heavy atom. The average molecular weight is 411 g/mol. The van der Waals surface area contributed by atoms with Crippen LogP contribution in [0.2, 0.25) is 0 Å². The van der Waals surface area contributed by atoms with Crippen molar-refractivity contribution in [2.45, 2.75) is 148 Å². The molecule has 4 heteroatoms. The number of ether oxygens (including phenoxy) is 2. The lowest BCUT2D eigenvalue weighted by molar-refractivity contribution is -0.154. The smallest absolute Gasteiger partial charge is 0.306 e. The summed E-state index contributed by atoms with van der Waals surface area (Å²) < 4.78 is 10.6. The van der Waals surface area contributed by atoms with Gasteiger partial charge in [0.25, 0.3) is 0 Å². The molecular weight excluding hydrogens is 364 g/mol. The molecule has 0 N–H and O–H groups in total. The highest BCUT2D eigenvalue weighted by Crippen LogP contribution is 2.31. The Morgan fingerprint density at radius 2 is 1.45 bits per heavy atom. The first kappa shape index (κ1) is 26.0. The molecule has 2 saturated heterocycles. The van der Waals surface area contributed by atoms with Crippen molar-refractivity contribution in [1.82, 2.24) is 0 Å². The minimum Gasteiger partial charge on any atom is -0.462 e. The zero-order valence-electron chi connectivity index (χ0n) is 19.4. The van der Waals surface area contributed by atoms with Crippen LogP contribution < -0.4 is 0 Å². The van der Waals surface area contributed by atoms with Crippen molar-refractivity contribution in [3.05, 3.63) is 0 Å². The third-order valence-corrected chi connectivity index (χ3v) is 6.11. The first-order chi connectivity index (χ1) is 14.0. The number of hydrogen-bond acceptors (Lipinski definition) is 4. The van der Waals surface area contributed by atoms with Crippen molar-refractivity contribution in [3.63, 3.8) is 0 Å². The average Bonchev–Trinajstić information content (AvgIpc) is 3.04. The molecule has 2 aliphatic rings. The lowest BCUT2D eigenvalue weighted by Crippen LogP contribution is -2.23. The Bertz CT molecular complexity index is 448. The Balaban J connectivity index is 0.000000291. The summed E-state index contributed by atoms with van der Waals surface area (Å²) in [5, 5.41) is 0. The van der Waals surface area contributed by atoms with Crippen molar-refractivity contribution < 1.29 is 19.1 Å². The fourth-order valence-electron chi connectivity index (χ4n) is 4.16. The highest BCUT2D eigenvalue weighted by atomic mass is 16.6. The second kappa shape index (κ2) is 15.7. The molecule has 0 spiro atoms. The molecule has 0 radical (unpaired) electrons. The van der Waals surface area contributed by atoms with E-state index in [-0.39, 0.29) is 23.6 Å². The van der Waals surface area contributed by atoms with Crippen molar-refractivity contribution in [1.29, 1.82) is 0 Å². The van der Waals surface area contributed by atoms with Crippen LogP contribution in [0.5, 0.6) is 0 Å². The maximum atomic E-state index is 11.0. The maximum Gasteiger partial charge on any atom is 0.306 e. The fraction of sp³-hybridized carbons (Fsp3) is 0.920. The predicted octanol–water partition coefficient (Wildman–Crippen LogP) is 7.28. The highest BCUT2D eigenvalue weighted by Gasteiger charge is 2.34. The van der Waals surface area contributed by atoms with Crippen molar-refractivity contribution in [3.8, 4) is 0 Å². The Kier molecular flexibility index (Phi) is 14.1. The van der Waals surface area contributed by atoms with Crippen LogP contribution in [-0.2, 0) is 19.1 Å². The Morgan fingerprint density at radius 1 is 0.828 bits per heavy atom. The summed E-state index contributed by atoms with van der Waals surface area (Å²) in [6.07, 6.45) is 20.9. The van der Waals surface area contributed by atoms with E-state index in [1.54, 1.807) is 0 Å². The summed E-state index contributed by atoms with van der Waals surface area (Å²) >= 11 is 0. The first-order valence-electron chi connectivity index (χ1n) is 12.4. The van der Waals surface area contributed by atoms with E-state index < -0.39 is 0 Å². The molecule has 170 valence electrons. The number of carbonyl (C=O) groups is 2. The molecular formula is C25H46O4. The molecule has 2 rings (SSSR count). The summed E-state index contributed by atoms with van der Waals surface area (Å²) in [7, 11) is 0. The number of hydrogen-bond donors (Lipinski definition) is 0. The van der Waals surface area contributed by atoms with Gasteiger partial charge in [-0.3, -0.25) is 9.59 Å². The quantitative estimate of drug-likeness (QED) is 0.236. The van der Waals surface area contributed by atoms with Crippen LogP contribution in [0.3, 0.4) is 0 Å². The van der Waals surface area contributed by atoms with Crippen molar-refractivity contribution in [2.24, 2.45) is 0 Å². The Hall–Kier alpha value is -1.06. The van der Waals surface area contributed by atoms with Crippen LogP contribution in [0.1, 0.15) is 136 Å². The fourth-order valence-corrected chi connectivity index (χ4v) is 4.16. The summed E-state index contributed by atoms with van der Waals surface area (Å²) in [6, 6.07) is 0. The second-order valence-corrected chi connectivity index (χ2v) is 9.15. The molecule has 0 bridgehead atoms. The van der Waals surface area contributed by atoms with Crippen molar-refractivity contribution in [2.75, 3.05) is 0 Å². The molecule has 0 amide bonds. The molecule has 4 nitrogen and oxygen atoms in total. The number of unbranched alkanes of at least 4 members (excludes halogenated alkanes) is 9. The van der Waals surface area contributed by atoms with E-state index in [0.29, 0.717) is 12.8 Å². The molecule has 2 unspecified atom stereocenters. The van der Waals surface area contributed by atoms with Gasteiger partial charge in [0.2, 0.25) is 0 Å². The van der Waals surface area contributed by atoms with E-state index in [1.807, 2.05) is 0 Å². The van der Waals surface area contributed by atoms with Gasteiger partial charge in [-0.25, -0.2) is 0 Å². The zero-order chi connectivity index (χ0) is 21.4. The number of carbonyl (C=O) groups excluding carboxylic acids is 2. The van der Waals surface area contributed by atoms with Gasteiger partial charge < -0.3 is 9.47 Å². The van der Waals surface area contributed by atoms with Gasteiger partial charge in [-0.15, -0.1) is 0 Å². The maximum absolute atomic E-state index is 11.0. The SMILES string of the molecule is CCCCCCCC1CCCC(=O)O1.CCCCCCCCC1(C)CCC(=O)O1. The van der Waals surface area contributed by atoms with Crippen LogP contribution in [0, 0.1) is 0 Å². The third-order valence-electron chi connectivity index (χ3n) is 6.11. The summed E-state index contributed by atoms with van der Waals surface area (Å²) in [5.74, 6) is -0.00158. The van der Waals surface area contributed by atoms with Gasteiger partial charge in [0.05, 0.1) is 0 Å². The molecule has 0 aliphatic carbocycles. The topological polar surface area (TPSA) is 52.6 Å². The lowest BCUT2D eigenvalue weighted by atomic mass is 9.95. The number of rotatable bonds is 13. The second-order valence-electron chi connectivity index (χ2n) is 9.15. The predicted molar refractivity (Wildman–Crippen MR) is 119 cm³/mol. The molecule has 0 aromatic heterocycles. The van der Waals surface area contributed by atoms with Gasteiger partial charge >= 0.3 is 11.9 Å². The molecule has 2 aliphatic heterocycles. The third kappa shape index (κ3) is 13.0. The van der Waals surface area contributed by atoms with Crippen LogP contribution in [0.15, 0.2) is 0 Å². The first-order valence-corrected chi connectivity index (χ1v) is 12.4. The van der Waals surface area contributed by atoms with Gasteiger partial charge in [-0.1, -0.05) is 71.6 Å². The molecule has 2 fully saturated rings. The minimum atomic E-state index is -0.137. The molecule has 0 aromatic carbocycles. The van der Waals surface area contributed by atoms with Crippen LogP contribution in [0.4, 0.5) is 0 Å². The van der Waals surface area contributed by atoms with Crippen LogP contribution in [0.25, 0.3) is 0 Å². The van der Waals surface area contributed by atoms with Crippen LogP contribution in [-0.4, -0.2) is 23.6 Å². The number of esters is 2. The Labute approximate surface area is 179 Å². The largest absolute Gasteiger partial charge is 0.462 e. The minimum absolute atomic E-state index is 0.00908.